The van der Waals surface area contributed by atoms with E-state index in [0.29, 0.717) is 27.6 Å². The highest BCUT2D eigenvalue weighted by Crippen LogP contribution is 2.69. The maximum absolute atomic E-state index is 12.3. The molecule has 0 aromatic heterocycles. The molecular weight excluding hydrogens is 281 g/mol. The minimum atomic E-state index is 0.149. The standard InChI is InChI=1S/C15H15Cl2NO/c16-9-3-4-11(10(17)6-9)18-15(19)14-12-7-1-2-8(5-7)13(12)14/h3-4,6-8,12-14H,1-2,5H2,(H,18,19)/t7-,8-,12+,13+/m0/s1. The van der Waals surface area contributed by atoms with Crippen molar-refractivity contribution in [3.63, 3.8) is 0 Å². The fraction of sp³-hybridized carbons (Fsp3) is 0.533. The van der Waals surface area contributed by atoms with Gasteiger partial charge in [0, 0.05) is 10.9 Å². The Morgan fingerprint density at radius 2 is 1.84 bits per heavy atom. The smallest absolute Gasteiger partial charge is 0.228 e. The molecule has 4 heteroatoms. The van der Waals surface area contributed by atoms with Crippen LogP contribution in [0.1, 0.15) is 19.3 Å². The van der Waals surface area contributed by atoms with Crippen LogP contribution < -0.4 is 5.32 Å². The average molecular weight is 296 g/mol. The topological polar surface area (TPSA) is 29.1 Å². The number of amides is 1. The number of halogens is 2. The SMILES string of the molecule is O=C(Nc1ccc(Cl)cc1Cl)C1[C@@H]2[C@H]3CC[C@@H](C3)[C@@H]12. The van der Waals surface area contributed by atoms with Crippen LogP contribution in [0.5, 0.6) is 0 Å². The van der Waals surface area contributed by atoms with Crippen LogP contribution in [0, 0.1) is 29.6 Å². The largest absolute Gasteiger partial charge is 0.325 e. The lowest BCUT2D eigenvalue weighted by atomic mass is 10.0. The number of hydrogen-bond donors (Lipinski definition) is 1. The molecule has 2 nitrogen and oxygen atoms in total. The molecule has 0 spiro atoms. The first-order chi connectivity index (χ1) is 9.15. The molecule has 0 saturated heterocycles. The fourth-order valence-electron chi connectivity index (χ4n) is 4.48. The summed E-state index contributed by atoms with van der Waals surface area (Å²) in [6.07, 6.45) is 4.02. The zero-order chi connectivity index (χ0) is 13.1. The van der Waals surface area contributed by atoms with E-state index in [1.54, 1.807) is 18.2 Å². The van der Waals surface area contributed by atoms with E-state index < -0.39 is 0 Å². The van der Waals surface area contributed by atoms with Crippen LogP contribution in [0.4, 0.5) is 5.69 Å². The lowest BCUT2D eigenvalue weighted by Gasteiger charge is -2.10. The highest BCUT2D eigenvalue weighted by Gasteiger charge is 2.67. The van der Waals surface area contributed by atoms with Crippen LogP contribution in [0.15, 0.2) is 18.2 Å². The molecule has 1 amide bonds. The van der Waals surface area contributed by atoms with E-state index in [4.69, 9.17) is 23.2 Å². The summed E-state index contributed by atoms with van der Waals surface area (Å²) in [5.41, 5.74) is 0.674. The van der Waals surface area contributed by atoms with Crippen LogP contribution in [0.2, 0.25) is 10.0 Å². The molecule has 3 aliphatic rings. The van der Waals surface area contributed by atoms with Gasteiger partial charge < -0.3 is 5.32 Å². The van der Waals surface area contributed by atoms with Gasteiger partial charge in [0.15, 0.2) is 0 Å². The third-order valence-electron chi connectivity index (χ3n) is 5.23. The van der Waals surface area contributed by atoms with Gasteiger partial charge in [-0.1, -0.05) is 23.2 Å². The van der Waals surface area contributed by atoms with E-state index in [1.165, 1.54) is 19.3 Å². The molecule has 3 aliphatic carbocycles. The molecular formula is C15H15Cl2NO. The Labute approximate surface area is 122 Å². The lowest BCUT2D eigenvalue weighted by Crippen LogP contribution is -2.18. The van der Waals surface area contributed by atoms with Crippen molar-refractivity contribution >= 4 is 34.8 Å². The fourth-order valence-corrected chi connectivity index (χ4v) is 4.94. The van der Waals surface area contributed by atoms with E-state index >= 15 is 0 Å². The lowest BCUT2D eigenvalue weighted by molar-refractivity contribution is -0.118. The Morgan fingerprint density at radius 1 is 1.16 bits per heavy atom. The predicted octanol–water partition coefficient (Wildman–Crippen LogP) is 4.22. The molecule has 4 atom stereocenters. The predicted molar refractivity (Wildman–Crippen MR) is 76.4 cm³/mol. The first kappa shape index (κ1) is 12.0. The summed E-state index contributed by atoms with van der Waals surface area (Å²) < 4.78 is 0. The Balaban J connectivity index is 1.48. The monoisotopic (exact) mass is 295 g/mol. The molecule has 2 bridgehead atoms. The van der Waals surface area contributed by atoms with E-state index in [2.05, 4.69) is 5.32 Å². The number of rotatable bonds is 2. The molecule has 1 aromatic carbocycles. The quantitative estimate of drug-likeness (QED) is 0.869. The van der Waals surface area contributed by atoms with Crippen molar-refractivity contribution < 1.29 is 4.79 Å². The number of anilines is 1. The molecule has 1 aromatic rings. The van der Waals surface area contributed by atoms with E-state index in [-0.39, 0.29) is 11.8 Å². The van der Waals surface area contributed by atoms with Crippen molar-refractivity contribution in [3.8, 4) is 0 Å². The molecule has 3 saturated carbocycles. The van der Waals surface area contributed by atoms with Gasteiger partial charge in [-0.05, 0) is 61.1 Å². The van der Waals surface area contributed by atoms with Crippen molar-refractivity contribution in [2.75, 3.05) is 5.32 Å². The van der Waals surface area contributed by atoms with Crippen molar-refractivity contribution in [2.45, 2.75) is 19.3 Å². The summed E-state index contributed by atoms with van der Waals surface area (Å²) >= 11 is 11.9. The second-order valence-electron chi connectivity index (χ2n) is 6.13. The van der Waals surface area contributed by atoms with Crippen LogP contribution in [0.3, 0.4) is 0 Å². The molecule has 0 unspecified atom stereocenters. The van der Waals surface area contributed by atoms with Gasteiger partial charge >= 0.3 is 0 Å². The summed E-state index contributed by atoms with van der Waals surface area (Å²) in [7, 11) is 0. The van der Waals surface area contributed by atoms with Crippen molar-refractivity contribution in [3.05, 3.63) is 28.2 Å². The van der Waals surface area contributed by atoms with Gasteiger partial charge in [-0.25, -0.2) is 0 Å². The second-order valence-corrected chi connectivity index (χ2v) is 6.97. The maximum atomic E-state index is 12.3. The van der Waals surface area contributed by atoms with E-state index in [9.17, 15) is 4.79 Å². The van der Waals surface area contributed by atoms with Gasteiger partial charge in [-0.15, -0.1) is 0 Å². The number of carbonyl (C=O) groups is 1. The summed E-state index contributed by atoms with van der Waals surface area (Å²) in [5, 5.41) is 4.06. The highest BCUT2D eigenvalue weighted by atomic mass is 35.5. The zero-order valence-electron chi connectivity index (χ0n) is 10.4. The van der Waals surface area contributed by atoms with Crippen LogP contribution in [0.25, 0.3) is 0 Å². The Morgan fingerprint density at radius 3 is 2.47 bits per heavy atom. The van der Waals surface area contributed by atoms with Gasteiger partial charge in [-0.2, -0.15) is 0 Å². The normalized spacial score (nSPS) is 38.1. The van der Waals surface area contributed by atoms with Crippen molar-refractivity contribution in [1.29, 1.82) is 0 Å². The van der Waals surface area contributed by atoms with Gasteiger partial charge in [0.1, 0.15) is 0 Å². The first-order valence-corrected chi connectivity index (χ1v) is 7.66. The molecule has 3 fully saturated rings. The third kappa shape index (κ3) is 1.80. The number of nitrogens with one attached hydrogen (secondary N) is 1. The molecule has 100 valence electrons. The van der Waals surface area contributed by atoms with E-state index in [1.807, 2.05) is 0 Å². The Bertz CT molecular complexity index is 543. The van der Waals surface area contributed by atoms with Crippen LogP contribution in [-0.2, 0) is 4.79 Å². The van der Waals surface area contributed by atoms with Crippen LogP contribution in [-0.4, -0.2) is 5.91 Å². The van der Waals surface area contributed by atoms with Gasteiger partial charge in [0.2, 0.25) is 5.91 Å². The molecule has 0 heterocycles. The summed E-state index contributed by atoms with van der Waals surface area (Å²) in [6.45, 7) is 0. The Kier molecular flexibility index (Phi) is 2.62. The average Bonchev–Trinajstić information content (AvgIpc) is 2.82. The molecule has 4 rings (SSSR count). The molecule has 1 N–H and O–H groups in total. The third-order valence-corrected chi connectivity index (χ3v) is 5.77. The zero-order valence-corrected chi connectivity index (χ0v) is 11.9. The van der Waals surface area contributed by atoms with Gasteiger partial charge in [0.25, 0.3) is 0 Å². The second kappa shape index (κ2) is 4.13. The van der Waals surface area contributed by atoms with Crippen molar-refractivity contribution in [2.24, 2.45) is 29.6 Å². The summed E-state index contributed by atoms with van der Waals surface area (Å²) in [4.78, 5) is 12.3. The number of carbonyl (C=O) groups excluding carboxylic acids is 1. The number of benzene rings is 1. The number of hydrogen-bond acceptors (Lipinski definition) is 1. The minimum absolute atomic E-state index is 0.149. The maximum Gasteiger partial charge on any atom is 0.228 e. The van der Waals surface area contributed by atoms with Crippen molar-refractivity contribution in [1.82, 2.24) is 0 Å². The first-order valence-electron chi connectivity index (χ1n) is 6.91. The summed E-state index contributed by atoms with van der Waals surface area (Å²) in [5.74, 6) is 3.32. The van der Waals surface area contributed by atoms with Crippen LogP contribution >= 0.6 is 23.2 Å². The Hall–Kier alpha value is -0.730. The minimum Gasteiger partial charge on any atom is -0.325 e. The van der Waals surface area contributed by atoms with Gasteiger partial charge in [-0.3, -0.25) is 4.79 Å². The highest BCUT2D eigenvalue weighted by molar-refractivity contribution is 6.36. The van der Waals surface area contributed by atoms with Gasteiger partial charge in [0.05, 0.1) is 10.7 Å². The molecule has 0 aliphatic heterocycles. The van der Waals surface area contributed by atoms with E-state index in [0.717, 1.165) is 11.8 Å². The molecule has 19 heavy (non-hydrogen) atoms. The number of fused-ring (bicyclic) bond motifs is 5. The summed E-state index contributed by atoms with van der Waals surface area (Å²) in [6, 6.07) is 5.19. The molecule has 0 radical (unpaired) electrons.